The van der Waals surface area contributed by atoms with Crippen LogP contribution in [-0.4, -0.2) is 10.8 Å². The number of rotatable bonds is 2. The van der Waals surface area contributed by atoms with Gasteiger partial charge in [0.05, 0.1) is 16.4 Å². The molecule has 1 heterocycles. The zero-order valence-corrected chi connectivity index (χ0v) is 11.4. The Morgan fingerprint density at radius 2 is 1.89 bits per heavy atom. The number of anilines is 1. The van der Waals surface area contributed by atoms with Crippen molar-refractivity contribution in [2.75, 3.05) is 5.73 Å². The van der Waals surface area contributed by atoms with E-state index in [0.717, 1.165) is 16.8 Å². The van der Waals surface area contributed by atoms with Crippen LogP contribution in [0.15, 0.2) is 18.2 Å². The molecule has 4 heteroatoms. The lowest BCUT2D eigenvalue weighted by molar-refractivity contribution is 0.103. The van der Waals surface area contributed by atoms with Crippen molar-refractivity contribution in [3.05, 3.63) is 51.3 Å². The van der Waals surface area contributed by atoms with E-state index in [0.29, 0.717) is 22.0 Å². The van der Waals surface area contributed by atoms with Gasteiger partial charge in [-0.1, -0.05) is 17.7 Å². The van der Waals surface area contributed by atoms with E-state index in [2.05, 4.69) is 4.98 Å². The molecule has 0 aliphatic carbocycles. The normalized spacial score (nSPS) is 10.7. The van der Waals surface area contributed by atoms with Crippen LogP contribution >= 0.6 is 11.6 Å². The number of aryl methyl sites for hydroxylation is 1. The highest BCUT2D eigenvalue weighted by atomic mass is 35.5. The highest BCUT2D eigenvalue weighted by molar-refractivity contribution is 6.37. The van der Waals surface area contributed by atoms with Crippen molar-refractivity contribution in [2.45, 2.75) is 20.8 Å². The van der Waals surface area contributed by atoms with Gasteiger partial charge >= 0.3 is 0 Å². The first-order valence-electron chi connectivity index (χ1n) is 5.68. The predicted molar refractivity (Wildman–Crippen MR) is 74.3 cm³/mol. The molecule has 0 aliphatic rings. The van der Waals surface area contributed by atoms with Crippen molar-refractivity contribution in [2.24, 2.45) is 0 Å². The Bertz CT molecular complexity index is 629. The third-order valence-electron chi connectivity index (χ3n) is 3.31. The fourth-order valence-electron chi connectivity index (χ4n) is 1.93. The first kappa shape index (κ1) is 12.7. The second kappa shape index (κ2) is 4.50. The molecule has 94 valence electrons. The highest BCUT2D eigenvalue weighted by Gasteiger charge is 2.19. The Balaban J connectivity index is 2.55. The molecule has 2 rings (SSSR count). The molecule has 0 unspecified atom stereocenters. The number of halogens is 1. The van der Waals surface area contributed by atoms with E-state index in [1.807, 2.05) is 20.8 Å². The number of hydrogen-bond donors (Lipinski definition) is 2. The Kier molecular flexibility index (Phi) is 3.18. The van der Waals surface area contributed by atoms with Gasteiger partial charge in [0.2, 0.25) is 5.78 Å². The molecule has 0 fully saturated rings. The van der Waals surface area contributed by atoms with Crippen LogP contribution < -0.4 is 5.73 Å². The summed E-state index contributed by atoms with van der Waals surface area (Å²) < 4.78 is 0. The minimum atomic E-state index is -0.124. The molecule has 0 saturated carbocycles. The van der Waals surface area contributed by atoms with Gasteiger partial charge in [0.15, 0.2) is 0 Å². The van der Waals surface area contributed by atoms with E-state index >= 15 is 0 Å². The number of nitrogen functional groups attached to an aromatic ring is 1. The smallest absolute Gasteiger partial charge is 0.211 e. The fourth-order valence-corrected chi connectivity index (χ4v) is 2.14. The second-order valence-electron chi connectivity index (χ2n) is 4.41. The van der Waals surface area contributed by atoms with Crippen LogP contribution in [0.25, 0.3) is 0 Å². The average molecular weight is 263 g/mol. The molecule has 0 amide bonds. The summed E-state index contributed by atoms with van der Waals surface area (Å²) in [6.45, 7) is 5.85. The summed E-state index contributed by atoms with van der Waals surface area (Å²) in [7, 11) is 0. The maximum absolute atomic E-state index is 12.4. The molecule has 3 nitrogen and oxygen atoms in total. The molecule has 1 aromatic carbocycles. The monoisotopic (exact) mass is 262 g/mol. The van der Waals surface area contributed by atoms with Crippen LogP contribution in [-0.2, 0) is 0 Å². The Morgan fingerprint density at radius 3 is 2.44 bits per heavy atom. The number of hydrogen-bond acceptors (Lipinski definition) is 2. The number of H-pyrrole nitrogens is 1. The van der Waals surface area contributed by atoms with Gasteiger partial charge in [-0.15, -0.1) is 0 Å². The van der Waals surface area contributed by atoms with Crippen LogP contribution in [0.2, 0.25) is 5.02 Å². The molecule has 0 aliphatic heterocycles. The van der Waals surface area contributed by atoms with Crippen molar-refractivity contribution in [3.8, 4) is 0 Å². The van der Waals surface area contributed by atoms with Crippen molar-refractivity contribution in [1.82, 2.24) is 4.98 Å². The minimum Gasteiger partial charge on any atom is -0.398 e. The van der Waals surface area contributed by atoms with Gasteiger partial charge < -0.3 is 10.7 Å². The SMILES string of the molecule is Cc1[nH]c(C(=O)c2cccc(N)c2Cl)c(C)c1C. The molecule has 0 atom stereocenters. The van der Waals surface area contributed by atoms with Gasteiger partial charge in [-0.2, -0.15) is 0 Å². The summed E-state index contributed by atoms with van der Waals surface area (Å²) in [4.78, 5) is 15.5. The maximum Gasteiger partial charge on any atom is 0.211 e. The summed E-state index contributed by atoms with van der Waals surface area (Å²) in [6, 6.07) is 5.09. The quantitative estimate of drug-likeness (QED) is 0.644. The van der Waals surface area contributed by atoms with Gasteiger partial charge in [-0.05, 0) is 44.0 Å². The first-order chi connectivity index (χ1) is 8.43. The molecule has 3 N–H and O–H groups in total. The number of benzene rings is 1. The fraction of sp³-hybridized carbons (Fsp3) is 0.214. The van der Waals surface area contributed by atoms with Crippen LogP contribution in [0.3, 0.4) is 0 Å². The number of aromatic amines is 1. The number of ketones is 1. The number of carbonyl (C=O) groups is 1. The molecular formula is C14H15ClN2O. The van der Waals surface area contributed by atoms with E-state index in [4.69, 9.17) is 17.3 Å². The lowest BCUT2D eigenvalue weighted by Gasteiger charge is -2.05. The zero-order chi connectivity index (χ0) is 13.4. The lowest BCUT2D eigenvalue weighted by atomic mass is 10.0. The average Bonchev–Trinajstić information content (AvgIpc) is 2.60. The van der Waals surface area contributed by atoms with Gasteiger partial charge in [0.1, 0.15) is 0 Å². The molecule has 18 heavy (non-hydrogen) atoms. The first-order valence-corrected chi connectivity index (χ1v) is 6.05. The standard InChI is InChI=1S/C14H15ClN2O/c1-7-8(2)13(17-9(7)3)14(18)10-5-4-6-11(16)12(10)15/h4-6,17H,16H2,1-3H3. The van der Waals surface area contributed by atoms with E-state index in [1.165, 1.54) is 0 Å². The van der Waals surface area contributed by atoms with Gasteiger partial charge in [-0.3, -0.25) is 4.79 Å². The molecule has 2 aromatic rings. The van der Waals surface area contributed by atoms with E-state index < -0.39 is 0 Å². The molecule has 0 saturated heterocycles. The zero-order valence-electron chi connectivity index (χ0n) is 10.6. The van der Waals surface area contributed by atoms with Gasteiger partial charge in [0, 0.05) is 11.3 Å². The van der Waals surface area contributed by atoms with Gasteiger partial charge in [0.25, 0.3) is 0 Å². The number of carbonyl (C=O) groups excluding carboxylic acids is 1. The topological polar surface area (TPSA) is 58.9 Å². The predicted octanol–water partition coefficient (Wildman–Crippen LogP) is 3.41. The summed E-state index contributed by atoms with van der Waals surface area (Å²) in [5, 5.41) is 0.312. The summed E-state index contributed by atoms with van der Waals surface area (Å²) in [6.07, 6.45) is 0. The second-order valence-corrected chi connectivity index (χ2v) is 4.79. The van der Waals surface area contributed by atoms with E-state index in [-0.39, 0.29) is 5.78 Å². The summed E-state index contributed by atoms with van der Waals surface area (Å²) >= 11 is 6.08. The molecule has 0 radical (unpaired) electrons. The molecule has 0 spiro atoms. The van der Waals surface area contributed by atoms with Gasteiger partial charge in [-0.25, -0.2) is 0 Å². The van der Waals surface area contributed by atoms with E-state index in [1.54, 1.807) is 18.2 Å². The lowest BCUT2D eigenvalue weighted by Crippen LogP contribution is -2.06. The number of nitrogens with two attached hydrogens (primary N) is 1. The summed E-state index contributed by atoms with van der Waals surface area (Å²) in [5.74, 6) is -0.124. The molecule has 0 bridgehead atoms. The largest absolute Gasteiger partial charge is 0.398 e. The third kappa shape index (κ3) is 1.91. The van der Waals surface area contributed by atoms with Crippen LogP contribution in [0.4, 0.5) is 5.69 Å². The van der Waals surface area contributed by atoms with Crippen LogP contribution in [0.5, 0.6) is 0 Å². The maximum atomic E-state index is 12.4. The summed E-state index contributed by atoms with van der Waals surface area (Å²) in [5.41, 5.74) is 10.2. The highest BCUT2D eigenvalue weighted by Crippen LogP contribution is 2.27. The third-order valence-corrected chi connectivity index (χ3v) is 3.73. The number of aromatic nitrogens is 1. The van der Waals surface area contributed by atoms with Crippen molar-refractivity contribution in [1.29, 1.82) is 0 Å². The van der Waals surface area contributed by atoms with Crippen molar-refractivity contribution in [3.63, 3.8) is 0 Å². The Morgan fingerprint density at radius 1 is 1.22 bits per heavy atom. The van der Waals surface area contributed by atoms with E-state index in [9.17, 15) is 4.79 Å². The van der Waals surface area contributed by atoms with Crippen LogP contribution in [0, 0.1) is 20.8 Å². The minimum absolute atomic E-state index is 0.124. The van der Waals surface area contributed by atoms with Crippen LogP contribution in [0.1, 0.15) is 32.9 Å². The van der Waals surface area contributed by atoms with Crippen molar-refractivity contribution >= 4 is 23.1 Å². The number of nitrogens with one attached hydrogen (secondary N) is 1. The molecule has 1 aromatic heterocycles. The van der Waals surface area contributed by atoms with Crippen molar-refractivity contribution < 1.29 is 4.79 Å². The Labute approximate surface area is 111 Å². The Hall–Kier alpha value is -1.74. The molecular weight excluding hydrogens is 248 g/mol.